The van der Waals surface area contributed by atoms with E-state index in [4.69, 9.17) is 5.73 Å². The van der Waals surface area contributed by atoms with Crippen LogP contribution in [0.2, 0.25) is 0 Å². The van der Waals surface area contributed by atoms with Crippen LogP contribution in [0.25, 0.3) is 10.8 Å². The molecule has 0 atom stereocenters. The van der Waals surface area contributed by atoms with E-state index < -0.39 is 11.1 Å². The molecule has 0 bridgehead atoms. The third kappa shape index (κ3) is 1.08. The molecular weight excluding hydrogens is 184 g/mol. The fourth-order valence-electron chi connectivity index (χ4n) is 1.35. The van der Waals surface area contributed by atoms with Gasteiger partial charge in [0.25, 0.3) is 11.1 Å². The molecular formula is C8H8N4O2. The molecule has 0 aliphatic heterocycles. The number of nitrogen functional groups attached to an aromatic ring is 1. The summed E-state index contributed by atoms with van der Waals surface area (Å²) in [5, 5.41) is 6.13. The van der Waals surface area contributed by atoms with E-state index in [1.807, 2.05) is 0 Å². The van der Waals surface area contributed by atoms with Gasteiger partial charge in [-0.1, -0.05) is 0 Å². The van der Waals surface area contributed by atoms with E-state index >= 15 is 0 Å². The van der Waals surface area contributed by atoms with Crippen LogP contribution in [-0.4, -0.2) is 15.2 Å². The Morgan fingerprint density at radius 2 is 2.07 bits per heavy atom. The number of H-pyrrole nitrogens is 2. The van der Waals surface area contributed by atoms with Crippen LogP contribution in [0.4, 0.5) is 5.82 Å². The van der Waals surface area contributed by atoms with Crippen molar-refractivity contribution >= 4 is 16.6 Å². The summed E-state index contributed by atoms with van der Waals surface area (Å²) in [4.78, 5) is 25.3. The summed E-state index contributed by atoms with van der Waals surface area (Å²) in [7, 11) is 0. The molecule has 0 spiro atoms. The molecule has 6 heteroatoms. The van der Waals surface area contributed by atoms with Crippen molar-refractivity contribution in [1.29, 1.82) is 0 Å². The summed E-state index contributed by atoms with van der Waals surface area (Å²) >= 11 is 0. The monoisotopic (exact) mass is 192 g/mol. The zero-order valence-electron chi connectivity index (χ0n) is 7.42. The second-order valence-electron chi connectivity index (χ2n) is 3.01. The van der Waals surface area contributed by atoms with Crippen molar-refractivity contribution < 1.29 is 0 Å². The van der Waals surface area contributed by atoms with E-state index in [1.54, 1.807) is 13.0 Å². The van der Waals surface area contributed by atoms with Crippen molar-refractivity contribution in [3.63, 3.8) is 0 Å². The first-order chi connectivity index (χ1) is 6.59. The van der Waals surface area contributed by atoms with Gasteiger partial charge in [0.15, 0.2) is 5.82 Å². The lowest BCUT2D eigenvalue weighted by Gasteiger charge is -1.99. The van der Waals surface area contributed by atoms with Gasteiger partial charge in [-0.15, -0.1) is 0 Å². The van der Waals surface area contributed by atoms with E-state index in [9.17, 15) is 9.59 Å². The minimum absolute atomic E-state index is 0.0286. The molecule has 0 saturated heterocycles. The molecule has 0 saturated carbocycles. The minimum Gasteiger partial charge on any atom is -0.382 e. The van der Waals surface area contributed by atoms with Crippen molar-refractivity contribution in [3.8, 4) is 0 Å². The molecule has 2 rings (SSSR count). The fraction of sp³-hybridized carbons (Fsp3) is 0.125. The van der Waals surface area contributed by atoms with Gasteiger partial charge in [0.2, 0.25) is 0 Å². The Balaban J connectivity index is 3.16. The molecule has 0 amide bonds. The van der Waals surface area contributed by atoms with Crippen LogP contribution in [0.1, 0.15) is 5.69 Å². The third-order valence-corrected chi connectivity index (χ3v) is 1.95. The maximum atomic E-state index is 11.4. The quantitative estimate of drug-likeness (QED) is 0.523. The van der Waals surface area contributed by atoms with Crippen molar-refractivity contribution in [2.45, 2.75) is 6.92 Å². The molecule has 6 nitrogen and oxygen atoms in total. The summed E-state index contributed by atoms with van der Waals surface area (Å²) in [6.07, 6.45) is 0. The van der Waals surface area contributed by atoms with Crippen LogP contribution in [-0.2, 0) is 0 Å². The highest BCUT2D eigenvalue weighted by molar-refractivity contribution is 5.89. The van der Waals surface area contributed by atoms with Gasteiger partial charge in [0.1, 0.15) is 0 Å². The normalized spacial score (nSPS) is 10.6. The maximum absolute atomic E-state index is 11.4. The highest BCUT2D eigenvalue weighted by atomic mass is 16.1. The standard InChI is InChI=1S/C8H8N4O2/c1-3-2-4-5(8(14)10-3)6(9)11-12-7(4)13/h2H,1H3,(H2,9,11)(H,10,14)(H,12,13). The maximum Gasteiger partial charge on any atom is 0.272 e. The van der Waals surface area contributed by atoms with Crippen LogP contribution < -0.4 is 16.9 Å². The number of anilines is 1. The Morgan fingerprint density at radius 3 is 2.79 bits per heavy atom. The number of hydrogen-bond donors (Lipinski definition) is 3. The number of nitrogens with two attached hydrogens (primary N) is 1. The van der Waals surface area contributed by atoms with Crippen molar-refractivity contribution in [2.75, 3.05) is 5.73 Å². The smallest absolute Gasteiger partial charge is 0.272 e. The lowest BCUT2D eigenvalue weighted by atomic mass is 10.2. The van der Waals surface area contributed by atoms with Crippen LogP contribution in [0.15, 0.2) is 15.7 Å². The van der Waals surface area contributed by atoms with Crippen LogP contribution in [0, 0.1) is 6.92 Å². The molecule has 0 fully saturated rings. The minimum atomic E-state index is -0.414. The summed E-state index contributed by atoms with van der Waals surface area (Å²) in [5.74, 6) is 0.0286. The number of fused-ring (bicyclic) bond motifs is 1. The highest BCUT2D eigenvalue weighted by Crippen LogP contribution is 2.08. The topological polar surface area (TPSA) is 105 Å². The Hall–Kier alpha value is -2.11. The number of nitrogens with one attached hydrogen (secondary N) is 2. The molecule has 0 aliphatic carbocycles. The summed E-state index contributed by atoms with van der Waals surface area (Å²) < 4.78 is 0. The summed E-state index contributed by atoms with van der Waals surface area (Å²) in [6, 6.07) is 1.56. The molecule has 0 aliphatic rings. The molecule has 72 valence electrons. The third-order valence-electron chi connectivity index (χ3n) is 1.95. The molecule has 0 radical (unpaired) electrons. The Kier molecular flexibility index (Phi) is 1.63. The SMILES string of the molecule is Cc1cc2c(=O)[nH]nc(N)c2c(=O)[nH]1. The molecule has 14 heavy (non-hydrogen) atoms. The fourth-order valence-corrected chi connectivity index (χ4v) is 1.35. The molecule has 0 unspecified atom stereocenters. The first-order valence-corrected chi connectivity index (χ1v) is 3.97. The number of nitrogens with zero attached hydrogens (tertiary/aromatic N) is 1. The van der Waals surface area contributed by atoms with E-state index in [0.717, 1.165) is 0 Å². The largest absolute Gasteiger partial charge is 0.382 e. The van der Waals surface area contributed by atoms with E-state index in [1.165, 1.54) is 0 Å². The Labute approximate surface area is 77.8 Å². The molecule has 0 aromatic carbocycles. The van der Waals surface area contributed by atoms with Gasteiger partial charge < -0.3 is 10.7 Å². The van der Waals surface area contributed by atoms with Crippen LogP contribution >= 0.6 is 0 Å². The molecule has 4 N–H and O–H groups in total. The van der Waals surface area contributed by atoms with Crippen LogP contribution in [0.5, 0.6) is 0 Å². The van der Waals surface area contributed by atoms with Gasteiger partial charge in [-0.05, 0) is 13.0 Å². The number of hydrogen-bond acceptors (Lipinski definition) is 4. The number of pyridine rings is 1. The average molecular weight is 192 g/mol. The number of aryl methyl sites for hydroxylation is 1. The van der Waals surface area contributed by atoms with Gasteiger partial charge >= 0.3 is 0 Å². The Bertz CT molecular complexity index is 611. The predicted molar refractivity (Wildman–Crippen MR) is 52.1 cm³/mol. The molecule has 2 aromatic heterocycles. The van der Waals surface area contributed by atoms with Gasteiger partial charge in [-0.25, -0.2) is 5.10 Å². The van der Waals surface area contributed by atoms with Crippen molar-refractivity contribution in [2.24, 2.45) is 0 Å². The molecule has 2 aromatic rings. The second-order valence-corrected chi connectivity index (χ2v) is 3.01. The van der Waals surface area contributed by atoms with E-state index in [0.29, 0.717) is 5.69 Å². The van der Waals surface area contributed by atoms with Crippen molar-refractivity contribution in [3.05, 3.63) is 32.5 Å². The predicted octanol–water partition coefficient (Wildman–Crippen LogP) is -0.498. The molecule has 2 heterocycles. The van der Waals surface area contributed by atoms with Gasteiger partial charge in [0, 0.05) is 5.69 Å². The first kappa shape index (κ1) is 8.49. The average Bonchev–Trinajstić information content (AvgIpc) is 2.10. The lowest BCUT2D eigenvalue weighted by molar-refractivity contribution is 1.01. The number of aromatic amines is 2. The van der Waals surface area contributed by atoms with Gasteiger partial charge in [0.05, 0.1) is 10.8 Å². The summed E-state index contributed by atoms with van der Waals surface area (Å²) in [6.45, 7) is 1.69. The highest BCUT2D eigenvalue weighted by Gasteiger charge is 2.07. The summed E-state index contributed by atoms with van der Waals surface area (Å²) in [5.41, 5.74) is 5.28. The lowest BCUT2D eigenvalue weighted by Crippen LogP contribution is -2.18. The van der Waals surface area contributed by atoms with E-state index in [2.05, 4.69) is 15.2 Å². The van der Waals surface area contributed by atoms with Gasteiger partial charge in [-0.2, -0.15) is 5.10 Å². The van der Waals surface area contributed by atoms with Crippen molar-refractivity contribution in [1.82, 2.24) is 15.2 Å². The second kappa shape index (κ2) is 2.69. The van der Waals surface area contributed by atoms with Crippen LogP contribution in [0.3, 0.4) is 0 Å². The number of rotatable bonds is 0. The zero-order chi connectivity index (χ0) is 10.3. The number of aromatic nitrogens is 3. The van der Waals surface area contributed by atoms with E-state index in [-0.39, 0.29) is 16.6 Å². The zero-order valence-corrected chi connectivity index (χ0v) is 7.42. The first-order valence-electron chi connectivity index (χ1n) is 3.97. The van der Waals surface area contributed by atoms with Gasteiger partial charge in [-0.3, -0.25) is 9.59 Å². The Morgan fingerprint density at radius 1 is 1.36 bits per heavy atom.